The Bertz CT molecular complexity index is 615. The Labute approximate surface area is 141 Å². The second-order valence-corrected chi connectivity index (χ2v) is 6.83. The van der Waals surface area contributed by atoms with Crippen LogP contribution < -0.4 is 16.4 Å². The number of nitrogens with two attached hydrogens (primary N) is 1. The van der Waals surface area contributed by atoms with E-state index in [9.17, 15) is 9.59 Å². The lowest BCUT2D eigenvalue weighted by Crippen LogP contribution is -2.48. The largest absolute Gasteiger partial charge is 0.359 e. The molecule has 2 aliphatic rings. The Balaban J connectivity index is 1.61. The highest BCUT2D eigenvalue weighted by Gasteiger charge is 2.38. The second-order valence-electron chi connectivity index (χ2n) is 6.83. The molecule has 1 aromatic rings. The van der Waals surface area contributed by atoms with Crippen molar-refractivity contribution in [2.24, 2.45) is 18.7 Å². The summed E-state index contributed by atoms with van der Waals surface area (Å²) in [5.74, 6) is -0.0312. The third-order valence-electron chi connectivity index (χ3n) is 5.21. The minimum atomic E-state index is -0.135. The van der Waals surface area contributed by atoms with E-state index in [1.54, 1.807) is 16.6 Å². The number of rotatable bonds is 3. The molecule has 8 nitrogen and oxygen atoms in total. The normalized spacial score (nSPS) is 29.7. The number of hydrogen-bond donors (Lipinski definition) is 3. The minimum absolute atomic E-state index is 0.00385. The van der Waals surface area contributed by atoms with Crippen molar-refractivity contribution < 1.29 is 9.59 Å². The van der Waals surface area contributed by atoms with Crippen LogP contribution in [0.4, 0.5) is 4.79 Å². The number of nitrogens with one attached hydrogen (secondary N) is 2. The first-order chi connectivity index (χ1) is 11.5. The van der Waals surface area contributed by atoms with Crippen molar-refractivity contribution in [2.45, 2.75) is 37.3 Å². The number of carbonyl (C=O) groups is 2. The van der Waals surface area contributed by atoms with Crippen molar-refractivity contribution in [3.05, 3.63) is 18.0 Å². The molecule has 2 heterocycles. The van der Waals surface area contributed by atoms with Gasteiger partial charge in [0.25, 0.3) is 0 Å². The Morgan fingerprint density at radius 3 is 2.79 bits per heavy atom. The predicted molar refractivity (Wildman–Crippen MR) is 89.2 cm³/mol. The van der Waals surface area contributed by atoms with E-state index in [0.29, 0.717) is 13.1 Å². The topological polar surface area (TPSA) is 105 Å². The van der Waals surface area contributed by atoms with E-state index in [4.69, 9.17) is 5.73 Å². The van der Waals surface area contributed by atoms with E-state index < -0.39 is 0 Å². The summed E-state index contributed by atoms with van der Waals surface area (Å²) in [5.41, 5.74) is 7.29. The predicted octanol–water partition coefficient (Wildman–Crippen LogP) is -0.229. The van der Waals surface area contributed by atoms with Crippen molar-refractivity contribution in [3.8, 4) is 0 Å². The van der Waals surface area contributed by atoms with Crippen molar-refractivity contribution in [2.75, 3.05) is 20.1 Å². The van der Waals surface area contributed by atoms with Crippen LogP contribution in [0.3, 0.4) is 0 Å². The first kappa shape index (κ1) is 16.8. The Kier molecular flexibility index (Phi) is 4.75. The lowest BCUT2D eigenvalue weighted by molar-refractivity contribution is -0.124. The van der Waals surface area contributed by atoms with Gasteiger partial charge in [0.15, 0.2) is 0 Å². The summed E-state index contributed by atoms with van der Waals surface area (Å²) in [4.78, 5) is 26.3. The number of aromatic nitrogens is 2. The first-order valence-corrected chi connectivity index (χ1v) is 8.50. The number of likely N-dealkylation sites (tertiary alicyclic amines) is 1. The third kappa shape index (κ3) is 3.24. The lowest BCUT2D eigenvalue weighted by Gasteiger charge is -2.24. The maximum absolute atomic E-state index is 12.6. The molecule has 0 radical (unpaired) electrons. The van der Waals surface area contributed by atoms with Gasteiger partial charge in [-0.15, -0.1) is 0 Å². The van der Waals surface area contributed by atoms with Crippen molar-refractivity contribution in [1.29, 1.82) is 0 Å². The van der Waals surface area contributed by atoms with E-state index in [1.807, 2.05) is 19.4 Å². The smallest absolute Gasteiger partial charge is 0.317 e. The van der Waals surface area contributed by atoms with Crippen molar-refractivity contribution >= 4 is 11.9 Å². The zero-order valence-electron chi connectivity index (χ0n) is 14.2. The van der Waals surface area contributed by atoms with Gasteiger partial charge in [-0.2, -0.15) is 5.10 Å². The quantitative estimate of drug-likeness (QED) is 0.710. The van der Waals surface area contributed by atoms with Crippen molar-refractivity contribution in [3.63, 3.8) is 0 Å². The maximum Gasteiger partial charge on any atom is 0.317 e. The second kappa shape index (κ2) is 6.80. The average molecular weight is 334 g/mol. The molecule has 3 rings (SSSR count). The summed E-state index contributed by atoms with van der Waals surface area (Å²) >= 11 is 0. The summed E-state index contributed by atoms with van der Waals surface area (Å²) in [5, 5.41) is 9.90. The highest BCUT2D eigenvalue weighted by molar-refractivity contribution is 5.81. The Morgan fingerprint density at radius 1 is 1.33 bits per heavy atom. The fourth-order valence-electron chi connectivity index (χ4n) is 3.86. The van der Waals surface area contributed by atoms with Crippen LogP contribution in [0.25, 0.3) is 0 Å². The number of hydrogen-bond acceptors (Lipinski definition) is 4. The standard InChI is InChI=1S/C16H26N6O2/c1-18-15(23)11-4-3-5-14(11)20-16(24)22-8-12(13(17)9-22)10-6-19-21(2)7-10/h6-7,11-14H,3-5,8-9,17H2,1-2H3,(H,18,23)(H,20,24)/t11?,12-,13+,14?/m0/s1. The van der Waals surface area contributed by atoms with Crippen LogP contribution in [-0.4, -0.2) is 58.8 Å². The van der Waals surface area contributed by atoms with Gasteiger partial charge in [0.1, 0.15) is 0 Å². The van der Waals surface area contributed by atoms with Gasteiger partial charge >= 0.3 is 6.03 Å². The van der Waals surface area contributed by atoms with Crippen LogP contribution in [-0.2, 0) is 11.8 Å². The van der Waals surface area contributed by atoms with E-state index in [0.717, 1.165) is 24.8 Å². The number of urea groups is 1. The number of nitrogens with zero attached hydrogens (tertiary/aromatic N) is 3. The highest BCUT2D eigenvalue weighted by Crippen LogP contribution is 2.28. The molecular formula is C16H26N6O2. The summed E-state index contributed by atoms with van der Waals surface area (Å²) in [6, 6.07) is -0.318. The molecule has 0 spiro atoms. The SMILES string of the molecule is CNC(=O)C1CCCC1NC(=O)N1C[C@@H](N)[C@H](c2cnn(C)c2)C1. The fourth-order valence-corrected chi connectivity index (χ4v) is 3.86. The minimum Gasteiger partial charge on any atom is -0.359 e. The summed E-state index contributed by atoms with van der Waals surface area (Å²) < 4.78 is 1.75. The molecule has 1 aliphatic carbocycles. The van der Waals surface area contributed by atoms with Gasteiger partial charge in [-0.05, 0) is 18.4 Å². The molecule has 4 atom stereocenters. The van der Waals surface area contributed by atoms with E-state index >= 15 is 0 Å². The van der Waals surface area contributed by atoms with Gasteiger partial charge < -0.3 is 21.3 Å². The molecule has 1 aromatic heterocycles. The zero-order valence-corrected chi connectivity index (χ0v) is 14.2. The molecule has 0 aromatic carbocycles. The number of carbonyl (C=O) groups excluding carboxylic acids is 2. The lowest BCUT2D eigenvalue weighted by atomic mass is 9.98. The van der Waals surface area contributed by atoms with Gasteiger partial charge in [0, 0.05) is 51.4 Å². The van der Waals surface area contributed by atoms with E-state index in [1.165, 1.54) is 0 Å². The first-order valence-electron chi connectivity index (χ1n) is 8.50. The van der Waals surface area contributed by atoms with Crippen LogP contribution in [0.15, 0.2) is 12.4 Å². The van der Waals surface area contributed by atoms with Gasteiger partial charge in [0.2, 0.25) is 5.91 Å². The summed E-state index contributed by atoms with van der Waals surface area (Å²) in [6.45, 7) is 1.10. The van der Waals surface area contributed by atoms with Crippen LogP contribution in [0, 0.1) is 5.92 Å². The molecule has 24 heavy (non-hydrogen) atoms. The van der Waals surface area contributed by atoms with Crippen LogP contribution in [0.1, 0.15) is 30.7 Å². The highest BCUT2D eigenvalue weighted by atomic mass is 16.2. The number of aryl methyl sites for hydroxylation is 1. The molecule has 8 heteroatoms. The molecule has 1 aliphatic heterocycles. The molecule has 0 bridgehead atoms. The average Bonchev–Trinajstić information content (AvgIpc) is 3.26. The molecule has 132 valence electrons. The zero-order chi connectivity index (χ0) is 17.3. The molecule has 1 saturated heterocycles. The Morgan fingerprint density at radius 2 is 2.12 bits per heavy atom. The molecule has 4 N–H and O–H groups in total. The van der Waals surface area contributed by atoms with Crippen LogP contribution >= 0.6 is 0 Å². The Hall–Kier alpha value is -2.09. The van der Waals surface area contributed by atoms with Gasteiger partial charge in [-0.3, -0.25) is 9.48 Å². The van der Waals surface area contributed by atoms with Crippen LogP contribution in [0.2, 0.25) is 0 Å². The molecule has 1 saturated carbocycles. The van der Waals surface area contributed by atoms with Crippen molar-refractivity contribution in [1.82, 2.24) is 25.3 Å². The van der Waals surface area contributed by atoms with Gasteiger partial charge in [-0.25, -0.2) is 4.79 Å². The molecule has 2 unspecified atom stereocenters. The molecular weight excluding hydrogens is 308 g/mol. The fraction of sp³-hybridized carbons (Fsp3) is 0.688. The van der Waals surface area contributed by atoms with Crippen LogP contribution in [0.5, 0.6) is 0 Å². The summed E-state index contributed by atoms with van der Waals surface area (Å²) in [7, 11) is 3.50. The monoisotopic (exact) mass is 334 g/mol. The van der Waals surface area contributed by atoms with E-state index in [-0.39, 0.29) is 35.9 Å². The van der Waals surface area contributed by atoms with Gasteiger partial charge in [-0.1, -0.05) is 6.42 Å². The third-order valence-corrected chi connectivity index (χ3v) is 5.21. The van der Waals surface area contributed by atoms with E-state index in [2.05, 4.69) is 15.7 Å². The van der Waals surface area contributed by atoms with Gasteiger partial charge in [0.05, 0.1) is 12.1 Å². The maximum atomic E-state index is 12.6. The summed E-state index contributed by atoms with van der Waals surface area (Å²) in [6.07, 6.45) is 6.38. The number of amides is 3. The molecule has 2 fully saturated rings. The molecule has 3 amide bonds.